The van der Waals surface area contributed by atoms with Crippen LogP contribution in [0.15, 0.2) is 24.3 Å². The molecule has 1 aromatic rings. The van der Waals surface area contributed by atoms with Crippen molar-refractivity contribution >= 4 is 20.4 Å². The average molecular weight is 508 g/mol. The number of nitrogens with one attached hydrogen (secondary N) is 1. The molecule has 1 aliphatic heterocycles. The highest BCUT2D eigenvalue weighted by molar-refractivity contribution is 6.77. The summed E-state index contributed by atoms with van der Waals surface area (Å²) in [6.07, 6.45) is 0.721. The minimum atomic E-state index is -2.27. The first-order valence-electron chi connectivity index (χ1n) is 12.9. The van der Waals surface area contributed by atoms with Gasteiger partial charge in [-0.3, -0.25) is 0 Å². The summed E-state index contributed by atoms with van der Waals surface area (Å²) < 4.78 is 18.5. The van der Waals surface area contributed by atoms with Crippen molar-refractivity contribution in [3.8, 4) is 5.75 Å². The summed E-state index contributed by atoms with van der Waals surface area (Å²) in [5.41, 5.74) is 2.34. The topological polar surface area (TPSA) is 94.1 Å². The Bertz CT molecular complexity index is 804. The molecule has 1 fully saturated rings. The van der Waals surface area contributed by atoms with Crippen LogP contribution in [0.1, 0.15) is 73.3 Å². The van der Waals surface area contributed by atoms with E-state index in [9.17, 15) is 14.7 Å². The van der Waals surface area contributed by atoms with Crippen molar-refractivity contribution in [3.05, 3.63) is 29.8 Å². The summed E-state index contributed by atoms with van der Waals surface area (Å²) in [6, 6.07) is 7.22. The van der Waals surface area contributed by atoms with Gasteiger partial charge in [0.15, 0.2) is 0 Å². The van der Waals surface area contributed by atoms with Crippen LogP contribution in [0, 0.1) is 5.92 Å². The number of rotatable bonds is 9. The van der Waals surface area contributed by atoms with Gasteiger partial charge in [-0.2, -0.15) is 0 Å². The van der Waals surface area contributed by atoms with E-state index in [-0.39, 0.29) is 12.0 Å². The second kappa shape index (κ2) is 12.8. The summed E-state index contributed by atoms with van der Waals surface area (Å²) in [4.78, 5) is 24.2. The molecule has 0 aromatic heterocycles. The van der Waals surface area contributed by atoms with E-state index in [1.807, 2.05) is 19.1 Å². The largest absolute Gasteiger partial charge is 0.497 e. The molecule has 1 amide bonds. The molecule has 0 spiro atoms. The Balaban J connectivity index is 2.47. The van der Waals surface area contributed by atoms with Gasteiger partial charge < -0.3 is 24.3 Å². The molecule has 0 bridgehead atoms. The summed E-state index contributed by atoms with van der Waals surface area (Å²) in [7, 11) is -0.617. The van der Waals surface area contributed by atoms with Gasteiger partial charge in [0.25, 0.3) is 0 Å². The molecule has 1 aromatic carbocycles. The van der Waals surface area contributed by atoms with Crippen molar-refractivity contribution in [2.24, 2.45) is 5.92 Å². The maximum Gasteiger partial charge on any atom is 0.405 e. The van der Waals surface area contributed by atoms with E-state index in [0.29, 0.717) is 29.5 Å². The molecule has 2 N–H and O–H groups in total. The predicted molar refractivity (Wildman–Crippen MR) is 140 cm³/mol. The Labute approximate surface area is 212 Å². The minimum Gasteiger partial charge on any atom is -0.497 e. The molecule has 7 nitrogen and oxygen atoms in total. The SMILES string of the molecule is COc1ccc(C[C@H]2CCC[C@H](NC(=O)O)C(=O)O[C@@H](C)[C@@H]2O[Si](C(C)C)(C(C)C)C(C)C)cc1. The van der Waals surface area contributed by atoms with E-state index in [0.717, 1.165) is 18.6 Å². The fourth-order valence-corrected chi connectivity index (χ4v) is 11.7. The van der Waals surface area contributed by atoms with Gasteiger partial charge in [0, 0.05) is 0 Å². The first kappa shape index (κ1) is 29.2. The molecule has 0 radical (unpaired) electrons. The zero-order chi connectivity index (χ0) is 26.3. The standard InChI is InChI=1S/C27H45NO6Si/c1-17(2)35(18(3)4,19(5)6)34-25-20(7)33-26(29)24(28-27(30)31)11-9-10-22(25)16-21-12-14-23(32-8)15-13-21/h12-15,17-20,22,24-25,28H,9-11,16H2,1-8H3,(H,30,31)/t20-,22+,24-,25-/m0/s1. The van der Waals surface area contributed by atoms with E-state index in [2.05, 4.69) is 59.0 Å². The molecule has 0 unspecified atom stereocenters. The minimum absolute atomic E-state index is 0.123. The average Bonchev–Trinajstić information content (AvgIpc) is 2.81. The van der Waals surface area contributed by atoms with Crippen LogP contribution in [-0.4, -0.2) is 50.8 Å². The van der Waals surface area contributed by atoms with Crippen molar-refractivity contribution in [2.45, 2.75) is 109 Å². The van der Waals surface area contributed by atoms with Crippen LogP contribution in [0.2, 0.25) is 16.6 Å². The van der Waals surface area contributed by atoms with Crippen LogP contribution in [0.3, 0.4) is 0 Å². The van der Waals surface area contributed by atoms with E-state index in [4.69, 9.17) is 13.9 Å². The Morgan fingerprint density at radius 1 is 1.09 bits per heavy atom. The van der Waals surface area contributed by atoms with Crippen LogP contribution in [0.5, 0.6) is 5.75 Å². The number of hydrogen-bond donors (Lipinski definition) is 2. The molecular formula is C27H45NO6Si. The van der Waals surface area contributed by atoms with Crippen LogP contribution >= 0.6 is 0 Å². The molecule has 1 saturated heterocycles. The Kier molecular flexibility index (Phi) is 10.6. The summed E-state index contributed by atoms with van der Waals surface area (Å²) in [5.74, 6) is 0.411. The molecule has 1 heterocycles. The number of ether oxygens (including phenoxy) is 2. The maximum atomic E-state index is 12.9. The highest BCUT2D eigenvalue weighted by Crippen LogP contribution is 2.45. The highest BCUT2D eigenvalue weighted by atomic mass is 28.4. The molecular weight excluding hydrogens is 462 g/mol. The van der Waals surface area contributed by atoms with E-state index < -0.39 is 32.5 Å². The van der Waals surface area contributed by atoms with E-state index in [1.165, 1.54) is 5.56 Å². The lowest BCUT2D eigenvalue weighted by molar-refractivity contribution is -0.156. The van der Waals surface area contributed by atoms with Gasteiger partial charge >= 0.3 is 12.1 Å². The van der Waals surface area contributed by atoms with Crippen molar-refractivity contribution in [1.29, 1.82) is 0 Å². The lowest BCUT2D eigenvalue weighted by atomic mass is 9.87. The fraction of sp³-hybridized carbons (Fsp3) is 0.704. The quantitative estimate of drug-likeness (QED) is 0.307. The van der Waals surface area contributed by atoms with E-state index in [1.54, 1.807) is 7.11 Å². The number of cyclic esters (lactones) is 1. The van der Waals surface area contributed by atoms with Crippen molar-refractivity contribution in [1.82, 2.24) is 5.32 Å². The fourth-order valence-electron chi connectivity index (χ4n) is 5.98. The zero-order valence-electron chi connectivity index (χ0n) is 22.7. The molecule has 2 rings (SSSR count). The number of carboxylic acid groups (broad SMARTS) is 1. The number of benzene rings is 1. The first-order chi connectivity index (χ1) is 16.4. The molecule has 1 aliphatic rings. The number of methoxy groups -OCH3 is 1. The second-order valence-corrected chi connectivity index (χ2v) is 16.2. The van der Waals surface area contributed by atoms with Crippen LogP contribution in [-0.2, 0) is 20.4 Å². The van der Waals surface area contributed by atoms with Gasteiger partial charge in [-0.15, -0.1) is 0 Å². The molecule has 35 heavy (non-hydrogen) atoms. The Morgan fingerprint density at radius 3 is 2.14 bits per heavy atom. The number of carbonyl (C=O) groups is 2. The van der Waals surface area contributed by atoms with E-state index >= 15 is 0 Å². The summed E-state index contributed by atoms with van der Waals surface area (Å²) in [5, 5.41) is 11.5. The van der Waals surface area contributed by atoms with Gasteiger partial charge in [-0.25, -0.2) is 9.59 Å². The normalized spacial score (nSPS) is 24.0. The molecule has 0 saturated carbocycles. The summed E-state index contributed by atoms with van der Waals surface area (Å²) in [6.45, 7) is 15.4. The first-order valence-corrected chi connectivity index (χ1v) is 15.1. The number of carbonyl (C=O) groups excluding carboxylic acids is 1. The van der Waals surface area contributed by atoms with Crippen molar-refractivity contribution < 1.29 is 28.6 Å². The van der Waals surface area contributed by atoms with Crippen molar-refractivity contribution in [2.75, 3.05) is 7.11 Å². The lowest BCUT2D eigenvalue weighted by Gasteiger charge is -2.47. The van der Waals surface area contributed by atoms with Crippen LogP contribution < -0.4 is 10.1 Å². The third kappa shape index (κ3) is 7.23. The van der Waals surface area contributed by atoms with Gasteiger partial charge in [0.2, 0.25) is 8.32 Å². The molecule has 198 valence electrons. The predicted octanol–water partition coefficient (Wildman–Crippen LogP) is 6.17. The van der Waals surface area contributed by atoms with Gasteiger partial charge in [0.05, 0.1) is 13.2 Å². The number of hydrogen-bond acceptors (Lipinski definition) is 5. The molecule has 0 aliphatic carbocycles. The smallest absolute Gasteiger partial charge is 0.405 e. The van der Waals surface area contributed by atoms with Crippen molar-refractivity contribution in [3.63, 3.8) is 0 Å². The van der Waals surface area contributed by atoms with Crippen LogP contribution in [0.4, 0.5) is 4.79 Å². The van der Waals surface area contributed by atoms with Gasteiger partial charge in [-0.05, 0) is 66.4 Å². The monoisotopic (exact) mass is 507 g/mol. The van der Waals surface area contributed by atoms with Crippen LogP contribution in [0.25, 0.3) is 0 Å². The molecule has 4 atom stereocenters. The van der Waals surface area contributed by atoms with Gasteiger partial charge in [-0.1, -0.05) is 60.1 Å². The highest BCUT2D eigenvalue weighted by Gasteiger charge is 2.49. The third-order valence-corrected chi connectivity index (χ3v) is 13.7. The number of esters is 1. The summed E-state index contributed by atoms with van der Waals surface area (Å²) >= 11 is 0. The Morgan fingerprint density at radius 2 is 1.66 bits per heavy atom. The Hall–Kier alpha value is -2.06. The maximum absolute atomic E-state index is 12.9. The zero-order valence-corrected chi connectivity index (χ0v) is 23.7. The number of amides is 1. The second-order valence-electron chi connectivity index (χ2n) is 10.8. The third-order valence-electron chi connectivity index (χ3n) is 7.58. The van der Waals surface area contributed by atoms with Gasteiger partial charge in [0.1, 0.15) is 17.9 Å². The molecule has 8 heteroatoms. The lowest BCUT2D eigenvalue weighted by Crippen LogP contribution is -2.54.